The number of methoxy groups -OCH3 is 1. The number of rotatable bonds is 8. The Bertz CT molecular complexity index is 791. The molecule has 0 radical (unpaired) electrons. The molecule has 2 aromatic rings. The lowest BCUT2D eigenvalue weighted by Gasteiger charge is -2.16. The van der Waals surface area contributed by atoms with Crippen molar-refractivity contribution in [2.75, 3.05) is 32.6 Å². The summed E-state index contributed by atoms with van der Waals surface area (Å²) < 4.78 is 5.16. The number of hydrogen-bond acceptors (Lipinski definition) is 5. The minimum absolute atomic E-state index is 0.0882. The molecule has 2 rings (SSSR count). The molecule has 5 nitrogen and oxygen atoms in total. The summed E-state index contributed by atoms with van der Waals surface area (Å²) in [7, 11) is 3.59. The predicted octanol–water partition coefficient (Wildman–Crippen LogP) is 3.75. The molecule has 1 amide bonds. The van der Waals surface area contributed by atoms with Crippen LogP contribution in [-0.4, -0.2) is 38.1 Å². The molecule has 0 atom stereocenters. The Balaban J connectivity index is 1.78. The summed E-state index contributed by atoms with van der Waals surface area (Å²) >= 11 is 1.46. The molecule has 1 aromatic carbocycles. The van der Waals surface area contributed by atoms with E-state index in [1.807, 2.05) is 37.9 Å². The van der Waals surface area contributed by atoms with Gasteiger partial charge < -0.3 is 10.1 Å². The van der Waals surface area contributed by atoms with E-state index < -0.39 is 0 Å². The highest BCUT2D eigenvalue weighted by Crippen LogP contribution is 2.31. The van der Waals surface area contributed by atoms with Gasteiger partial charge in [0, 0.05) is 4.88 Å². The molecule has 0 aliphatic carbocycles. The van der Waals surface area contributed by atoms with Gasteiger partial charge >= 0.3 is 0 Å². The molecule has 1 aromatic heterocycles. The topological polar surface area (TPSA) is 65.4 Å². The zero-order valence-electron chi connectivity index (χ0n) is 15.8. The normalized spacial score (nSPS) is 10.6. The summed E-state index contributed by atoms with van der Waals surface area (Å²) in [6.07, 6.45) is 1.93. The highest BCUT2D eigenvalue weighted by atomic mass is 32.1. The fraction of sp³-hybridized carbons (Fsp3) is 0.400. The van der Waals surface area contributed by atoms with Gasteiger partial charge in [-0.25, -0.2) is 0 Å². The van der Waals surface area contributed by atoms with Gasteiger partial charge in [0.05, 0.1) is 19.2 Å². The molecular formula is C20H25N3O2S. The molecule has 26 heavy (non-hydrogen) atoms. The largest absolute Gasteiger partial charge is 0.497 e. The van der Waals surface area contributed by atoms with Gasteiger partial charge in [-0.3, -0.25) is 9.69 Å². The van der Waals surface area contributed by atoms with E-state index in [2.05, 4.69) is 23.5 Å². The monoisotopic (exact) mass is 371 g/mol. The predicted molar refractivity (Wildman–Crippen MR) is 106 cm³/mol. The molecule has 0 saturated carbocycles. The second kappa shape index (κ2) is 9.37. The van der Waals surface area contributed by atoms with E-state index in [9.17, 15) is 10.1 Å². The van der Waals surface area contributed by atoms with Gasteiger partial charge in [0.2, 0.25) is 5.91 Å². The molecule has 0 fully saturated rings. The third-order valence-electron chi connectivity index (χ3n) is 4.33. The average Bonchev–Trinajstić information content (AvgIpc) is 2.88. The Morgan fingerprint density at radius 1 is 1.31 bits per heavy atom. The number of nitrogens with one attached hydrogen (secondary N) is 1. The van der Waals surface area contributed by atoms with Gasteiger partial charge in [-0.05, 0) is 63.5 Å². The van der Waals surface area contributed by atoms with Gasteiger partial charge in [-0.2, -0.15) is 5.26 Å². The van der Waals surface area contributed by atoms with E-state index in [0.29, 0.717) is 17.1 Å². The molecule has 0 aliphatic heterocycles. The van der Waals surface area contributed by atoms with Gasteiger partial charge in [0.1, 0.15) is 16.8 Å². The van der Waals surface area contributed by atoms with Crippen LogP contribution in [0.15, 0.2) is 24.3 Å². The van der Waals surface area contributed by atoms with E-state index in [1.54, 1.807) is 7.11 Å². The molecule has 0 aliphatic rings. The van der Waals surface area contributed by atoms with Gasteiger partial charge in [-0.15, -0.1) is 11.3 Å². The molecule has 0 spiro atoms. The summed E-state index contributed by atoms with van der Waals surface area (Å²) in [5.41, 5.74) is 2.77. The first-order valence-electron chi connectivity index (χ1n) is 8.56. The van der Waals surface area contributed by atoms with Gasteiger partial charge in [0.15, 0.2) is 0 Å². The van der Waals surface area contributed by atoms with Crippen LogP contribution >= 0.6 is 11.3 Å². The number of carbonyl (C=O) groups is 1. The smallest absolute Gasteiger partial charge is 0.239 e. The summed E-state index contributed by atoms with van der Waals surface area (Å²) in [6.45, 7) is 5.00. The van der Waals surface area contributed by atoms with Crippen LogP contribution in [-0.2, 0) is 11.2 Å². The number of nitriles is 1. The average molecular weight is 372 g/mol. The number of thiophene rings is 1. The van der Waals surface area contributed by atoms with Crippen molar-refractivity contribution in [3.63, 3.8) is 0 Å². The molecule has 1 N–H and O–H groups in total. The van der Waals surface area contributed by atoms with Crippen LogP contribution in [0.4, 0.5) is 5.00 Å². The Hall–Kier alpha value is -2.36. The highest BCUT2D eigenvalue weighted by molar-refractivity contribution is 7.16. The molecule has 6 heteroatoms. The van der Waals surface area contributed by atoms with Gasteiger partial charge in [-0.1, -0.05) is 12.1 Å². The summed E-state index contributed by atoms with van der Waals surface area (Å²) in [5.74, 6) is 0.771. The van der Waals surface area contributed by atoms with E-state index in [1.165, 1.54) is 16.9 Å². The number of ether oxygens (including phenoxy) is 1. The van der Waals surface area contributed by atoms with Crippen LogP contribution in [0, 0.1) is 25.2 Å². The van der Waals surface area contributed by atoms with Crippen LogP contribution in [0.2, 0.25) is 0 Å². The summed E-state index contributed by atoms with van der Waals surface area (Å²) in [5, 5.41) is 12.8. The van der Waals surface area contributed by atoms with Crippen molar-refractivity contribution < 1.29 is 9.53 Å². The van der Waals surface area contributed by atoms with Crippen LogP contribution in [0.25, 0.3) is 0 Å². The molecular weight excluding hydrogens is 346 g/mol. The maximum atomic E-state index is 12.2. The Kier molecular flexibility index (Phi) is 7.19. The number of benzene rings is 1. The van der Waals surface area contributed by atoms with E-state index in [0.717, 1.165) is 35.6 Å². The SMILES string of the molecule is COc1ccc(CCCN(C)CC(=O)Nc2sc(C)c(C)c2C#N)cc1. The molecule has 0 bridgehead atoms. The van der Waals surface area contributed by atoms with Crippen molar-refractivity contribution in [3.05, 3.63) is 45.8 Å². The minimum atomic E-state index is -0.0882. The second-order valence-corrected chi connectivity index (χ2v) is 7.56. The first-order valence-corrected chi connectivity index (χ1v) is 9.37. The number of hydrogen-bond donors (Lipinski definition) is 1. The fourth-order valence-corrected chi connectivity index (χ4v) is 3.71. The molecule has 138 valence electrons. The van der Waals surface area contributed by atoms with Crippen LogP contribution in [0.3, 0.4) is 0 Å². The molecule has 1 heterocycles. The van der Waals surface area contributed by atoms with Crippen molar-refractivity contribution in [1.29, 1.82) is 5.26 Å². The first-order chi connectivity index (χ1) is 12.4. The zero-order chi connectivity index (χ0) is 19.1. The summed E-state index contributed by atoms with van der Waals surface area (Å²) in [4.78, 5) is 15.3. The van der Waals surface area contributed by atoms with Crippen LogP contribution in [0.1, 0.15) is 28.0 Å². The summed E-state index contributed by atoms with van der Waals surface area (Å²) in [6, 6.07) is 10.2. The first kappa shape index (κ1) is 20.0. The number of carbonyl (C=O) groups excluding carboxylic acids is 1. The van der Waals surface area contributed by atoms with Crippen LogP contribution < -0.4 is 10.1 Å². The standard InChI is InChI=1S/C20H25N3O2S/c1-14-15(2)26-20(18(14)12-21)22-19(24)13-23(3)11-5-6-16-7-9-17(25-4)10-8-16/h7-10H,5-6,11,13H2,1-4H3,(H,22,24). The number of nitrogens with zero attached hydrogens (tertiary/aromatic N) is 2. The number of anilines is 1. The lowest BCUT2D eigenvalue weighted by atomic mass is 10.1. The fourth-order valence-electron chi connectivity index (χ4n) is 2.69. The quantitative estimate of drug-likeness (QED) is 0.767. The van der Waals surface area contributed by atoms with Crippen molar-refractivity contribution in [2.45, 2.75) is 26.7 Å². The van der Waals surface area contributed by atoms with E-state index in [4.69, 9.17) is 4.74 Å². The zero-order valence-corrected chi connectivity index (χ0v) is 16.6. The van der Waals surface area contributed by atoms with Crippen molar-refractivity contribution in [1.82, 2.24) is 4.90 Å². The maximum Gasteiger partial charge on any atom is 0.239 e. The Labute approximate surface area is 159 Å². The van der Waals surface area contributed by atoms with Crippen molar-refractivity contribution in [3.8, 4) is 11.8 Å². The number of aryl methyl sites for hydroxylation is 2. The lowest BCUT2D eigenvalue weighted by Crippen LogP contribution is -2.31. The lowest BCUT2D eigenvalue weighted by molar-refractivity contribution is -0.117. The minimum Gasteiger partial charge on any atom is -0.497 e. The number of amides is 1. The van der Waals surface area contributed by atoms with Crippen molar-refractivity contribution >= 4 is 22.2 Å². The third kappa shape index (κ3) is 5.32. The highest BCUT2D eigenvalue weighted by Gasteiger charge is 2.15. The Morgan fingerprint density at radius 3 is 2.62 bits per heavy atom. The Morgan fingerprint density at radius 2 is 2.00 bits per heavy atom. The van der Waals surface area contributed by atoms with E-state index in [-0.39, 0.29) is 5.91 Å². The molecule has 0 unspecified atom stereocenters. The van der Waals surface area contributed by atoms with Crippen LogP contribution in [0.5, 0.6) is 5.75 Å². The van der Waals surface area contributed by atoms with Gasteiger partial charge in [0.25, 0.3) is 0 Å². The second-order valence-electron chi connectivity index (χ2n) is 6.34. The van der Waals surface area contributed by atoms with E-state index >= 15 is 0 Å². The van der Waals surface area contributed by atoms with Crippen molar-refractivity contribution in [2.24, 2.45) is 0 Å². The maximum absolute atomic E-state index is 12.2. The number of likely N-dealkylation sites (N-methyl/N-ethyl adjacent to an activating group) is 1. The third-order valence-corrected chi connectivity index (χ3v) is 5.45. The molecule has 0 saturated heterocycles.